The Hall–Kier alpha value is -1.34. The summed E-state index contributed by atoms with van der Waals surface area (Å²) in [5.74, 6) is 0. The lowest BCUT2D eigenvalue weighted by Crippen LogP contribution is -2.47. The first-order valence-electron chi connectivity index (χ1n) is 6.99. The van der Waals surface area contributed by atoms with Gasteiger partial charge < -0.3 is 15.7 Å². The van der Waals surface area contributed by atoms with Crippen molar-refractivity contribution in [2.75, 3.05) is 57.0 Å². The molecule has 20 heavy (non-hydrogen) atoms. The zero-order valence-corrected chi connectivity index (χ0v) is 12.0. The van der Waals surface area contributed by atoms with Crippen LogP contribution in [0.4, 0.5) is 11.4 Å². The second kappa shape index (κ2) is 7.44. The Morgan fingerprint density at radius 1 is 1.30 bits per heavy atom. The quantitative estimate of drug-likeness (QED) is 0.504. The summed E-state index contributed by atoms with van der Waals surface area (Å²) in [5.41, 5.74) is 11.5. The number of β-amino-alcohol motifs (C(OH)–C–C–N with tert-alkyl or cyclic N) is 1. The van der Waals surface area contributed by atoms with Crippen LogP contribution in [0.1, 0.15) is 5.56 Å². The normalized spacial score (nSPS) is 16.6. The molecule has 112 valence electrons. The molecular formula is C14H24N4O2. The van der Waals surface area contributed by atoms with Gasteiger partial charge in [0.2, 0.25) is 0 Å². The highest BCUT2D eigenvalue weighted by atomic mass is 16.6. The van der Waals surface area contributed by atoms with Crippen molar-refractivity contribution in [3.63, 3.8) is 0 Å². The predicted octanol–water partition coefficient (Wildman–Crippen LogP) is 0.0341. The second-order valence-electron chi connectivity index (χ2n) is 4.93. The van der Waals surface area contributed by atoms with Gasteiger partial charge in [0.1, 0.15) is 0 Å². The Balaban J connectivity index is 1.99. The van der Waals surface area contributed by atoms with Crippen molar-refractivity contribution < 1.29 is 9.94 Å². The Bertz CT molecular complexity index is 420. The van der Waals surface area contributed by atoms with Gasteiger partial charge in [-0.3, -0.25) is 9.74 Å². The summed E-state index contributed by atoms with van der Waals surface area (Å²) >= 11 is 0. The van der Waals surface area contributed by atoms with Gasteiger partial charge in [0.25, 0.3) is 0 Å². The van der Waals surface area contributed by atoms with Crippen LogP contribution in [0.5, 0.6) is 0 Å². The Morgan fingerprint density at radius 2 is 2.05 bits per heavy atom. The van der Waals surface area contributed by atoms with E-state index in [1.807, 2.05) is 6.07 Å². The average molecular weight is 280 g/mol. The molecule has 0 radical (unpaired) electrons. The van der Waals surface area contributed by atoms with Gasteiger partial charge in [0, 0.05) is 56.7 Å². The number of nitrogen functional groups attached to an aromatic ring is 1. The minimum atomic E-state index is 0.230. The third-order valence-corrected chi connectivity index (χ3v) is 3.65. The number of nitrogens with two attached hydrogens (primary N) is 1. The summed E-state index contributed by atoms with van der Waals surface area (Å²) < 4.78 is 0. The van der Waals surface area contributed by atoms with Gasteiger partial charge in [-0.1, -0.05) is 0 Å². The Labute approximate surface area is 120 Å². The van der Waals surface area contributed by atoms with Gasteiger partial charge in [-0.15, -0.1) is 0 Å². The third kappa shape index (κ3) is 3.83. The summed E-state index contributed by atoms with van der Waals surface area (Å²) in [4.78, 5) is 9.83. The molecule has 1 aliphatic rings. The van der Waals surface area contributed by atoms with Gasteiger partial charge in [0.15, 0.2) is 0 Å². The molecule has 1 aromatic rings. The number of hydroxylamine groups is 1. The smallest absolute Gasteiger partial charge is 0.0953 e. The third-order valence-electron chi connectivity index (χ3n) is 3.65. The number of nitrogens with zero attached hydrogens (tertiary/aromatic N) is 2. The molecule has 0 amide bonds. The number of aliphatic hydroxyl groups excluding tert-OH is 1. The fourth-order valence-electron chi connectivity index (χ4n) is 2.43. The minimum Gasteiger partial charge on any atom is -0.398 e. The van der Waals surface area contributed by atoms with Crippen LogP contribution in [0, 0.1) is 0 Å². The number of nitrogens with one attached hydrogen (secondary N) is 1. The highest BCUT2D eigenvalue weighted by molar-refractivity contribution is 5.58. The number of anilines is 2. The Morgan fingerprint density at radius 3 is 2.70 bits per heavy atom. The molecule has 6 heteroatoms. The molecule has 0 unspecified atom stereocenters. The van der Waals surface area contributed by atoms with Crippen molar-refractivity contribution in [3.05, 3.63) is 23.8 Å². The molecule has 0 aliphatic carbocycles. The van der Waals surface area contributed by atoms with Crippen LogP contribution >= 0.6 is 0 Å². The molecule has 0 aromatic heterocycles. The van der Waals surface area contributed by atoms with E-state index in [0.29, 0.717) is 6.61 Å². The monoisotopic (exact) mass is 280 g/mol. The molecule has 1 fully saturated rings. The second-order valence-corrected chi connectivity index (χ2v) is 4.93. The number of aliphatic hydroxyl groups is 1. The molecular weight excluding hydrogens is 256 g/mol. The lowest BCUT2D eigenvalue weighted by Gasteiger charge is -2.36. The van der Waals surface area contributed by atoms with Crippen LogP contribution in [0.25, 0.3) is 0 Å². The van der Waals surface area contributed by atoms with Crippen molar-refractivity contribution in [1.29, 1.82) is 0 Å². The zero-order chi connectivity index (χ0) is 14.4. The first kappa shape index (κ1) is 15.1. The predicted molar refractivity (Wildman–Crippen MR) is 80.4 cm³/mol. The van der Waals surface area contributed by atoms with E-state index in [1.165, 1.54) is 5.69 Å². The molecule has 0 saturated carbocycles. The number of hydrogen-bond donors (Lipinski definition) is 3. The Kier molecular flexibility index (Phi) is 5.60. The number of piperazine rings is 1. The maximum Gasteiger partial charge on any atom is 0.0953 e. The fourth-order valence-corrected chi connectivity index (χ4v) is 2.43. The van der Waals surface area contributed by atoms with Crippen LogP contribution in [0.3, 0.4) is 0 Å². The summed E-state index contributed by atoms with van der Waals surface area (Å²) in [6.07, 6.45) is 0. The van der Waals surface area contributed by atoms with Crippen LogP contribution in [0.15, 0.2) is 18.2 Å². The number of rotatable bonds is 6. The maximum atomic E-state index is 8.96. The molecule has 0 spiro atoms. The maximum absolute atomic E-state index is 8.96. The van der Waals surface area contributed by atoms with E-state index in [9.17, 15) is 0 Å². The van der Waals surface area contributed by atoms with Crippen LogP contribution in [-0.4, -0.2) is 56.4 Å². The van der Waals surface area contributed by atoms with Crippen LogP contribution in [0.2, 0.25) is 0 Å². The molecule has 0 atom stereocenters. The van der Waals surface area contributed by atoms with Gasteiger partial charge in [0.05, 0.1) is 13.2 Å². The van der Waals surface area contributed by atoms with E-state index >= 15 is 0 Å². The molecule has 1 saturated heterocycles. The molecule has 0 bridgehead atoms. The van der Waals surface area contributed by atoms with Crippen molar-refractivity contribution in [2.24, 2.45) is 0 Å². The first-order chi connectivity index (χ1) is 9.74. The number of hydrogen-bond acceptors (Lipinski definition) is 6. The van der Waals surface area contributed by atoms with E-state index in [-0.39, 0.29) is 6.61 Å². The van der Waals surface area contributed by atoms with Crippen LogP contribution < -0.4 is 16.1 Å². The largest absolute Gasteiger partial charge is 0.398 e. The van der Waals surface area contributed by atoms with Gasteiger partial charge in [-0.2, -0.15) is 0 Å². The lowest BCUT2D eigenvalue weighted by atomic mass is 10.1. The van der Waals surface area contributed by atoms with E-state index in [2.05, 4.69) is 27.4 Å². The molecule has 1 aromatic carbocycles. The standard InChI is InChI=1S/C14H24N4O2/c1-16-20-11-12-10-13(2-3-14(12)15)18-6-4-17(5-7-18)8-9-19/h2-3,10,16,19H,4-9,11,15H2,1H3. The molecule has 2 rings (SSSR count). The van der Waals surface area contributed by atoms with Gasteiger partial charge in [-0.25, -0.2) is 5.48 Å². The van der Waals surface area contributed by atoms with Crippen molar-refractivity contribution in [2.45, 2.75) is 6.61 Å². The molecule has 1 aliphatic heterocycles. The average Bonchev–Trinajstić information content (AvgIpc) is 2.48. The fraction of sp³-hybridized carbons (Fsp3) is 0.571. The molecule has 4 N–H and O–H groups in total. The van der Waals surface area contributed by atoms with Crippen molar-refractivity contribution >= 4 is 11.4 Å². The van der Waals surface area contributed by atoms with E-state index in [4.69, 9.17) is 15.7 Å². The first-order valence-corrected chi connectivity index (χ1v) is 6.99. The van der Waals surface area contributed by atoms with Gasteiger partial charge in [-0.05, 0) is 18.2 Å². The lowest BCUT2D eigenvalue weighted by molar-refractivity contribution is 0.0448. The summed E-state index contributed by atoms with van der Waals surface area (Å²) in [6, 6.07) is 6.08. The highest BCUT2D eigenvalue weighted by Gasteiger charge is 2.17. The SMILES string of the molecule is CNOCc1cc(N2CCN(CCO)CC2)ccc1N. The van der Waals surface area contributed by atoms with Crippen molar-refractivity contribution in [1.82, 2.24) is 10.4 Å². The minimum absolute atomic E-state index is 0.230. The number of benzene rings is 1. The molecule has 1 heterocycles. The molecule has 6 nitrogen and oxygen atoms in total. The summed E-state index contributed by atoms with van der Waals surface area (Å²) in [7, 11) is 1.74. The van der Waals surface area contributed by atoms with Crippen molar-refractivity contribution in [3.8, 4) is 0 Å². The van der Waals surface area contributed by atoms with E-state index in [0.717, 1.165) is 44.0 Å². The zero-order valence-electron chi connectivity index (χ0n) is 12.0. The van der Waals surface area contributed by atoms with E-state index in [1.54, 1.807) is 7.05 Å². The van der Waals surface area contributed by atoms with Gasteiger partial charge >= 0.3 is 0 Å². The summed E-state index contributed by atoms with van der Waals surface area (Å²) in [6.45, 7) is 5.35. The highest BCUT2D eigenvalue weighted by Crippen LogP contribution is 2.23. The summed E-state index contributed by atoms with van der Waals surface area (Å²) in [5, 5.41) is 8.96. The van der Waals surface area contributed by atoms with Crippen LogP contribution in [-0.2, 0) is 11.4 Å². The topological polar surface area (TPSA) is 74.0 Å². The van der Waals surface area contributed by atoms with E-state index < -0.39 is 0 Å².